The van der Waals surface area contributed by atoms with E-state index in [-0.39, 0.29) is 17.2 Å². The fourth-order valence-electron chi connectivity index (χ4n) is 5.16. The number of anilines is 3. The summed E-state index contributed by atoms with van der Waals surface area (Å²) in [5.41, 5.74) is 2.85. The minimum Gasteiger partial charge on any atom is -0.453 e. The van der Waals surface area contributed by atoms with E-state index in [1.165, 1.54) is 31.4 Å². The molecule has 2 atom stereocenters. The minimum atomic E-state index is -4.75. The Labute approximate surface area is 201 Å². The van der Waals surface area contributed by atoms with E-state index in [2.05, 4.69) is 45.4 Å². The van der Waals surface area contributed by atoms with Gasteiger partial charge in [-0.1, -0.05) is 20.8 Å². The monoisotopic (exact) mass is 490 g/mol. The molecule has 1 aromatic heterocycles. The molecule has 35 heavy (non-hydrogen) atoms. The van der Waals surface area contributed by atoms with Crippen molar-refractivity contribution in [1.82, 2.24) is 9.55 Å². The number of hydrogen-bond acceptors (Lipinski definition) is 5. The smallest absolute Gasteiger partial charge is 0.453 e. The molecule has 0 saturated heterocycles. The quantitative estimate of drug-likeness (QED) is 0.394. The summed E-state index contributed by atoms with van der Waals surface area (Å²) < 4.78 is 48.3. The normalized spacial score (nSPS) is 19.9. The van der Waals surface area contributed by atoms with Crippen molar-refractivity contribution in [2.45, 2.75) is 52.4 Å². The first-order valence-electron chi connectivity index (χ1n) is 11.4. The molecule has 1 fully saturated rings. The number of carbonyl (C=O) groups excluding carboxylic acids is 1. The molecule has 10 heteroatoms. The van der Waals surface area contributed by atoms with Gasteiger partial charge >= 0.3 is 12.5 Å². The zero-order valence-electron chi connectivity index (χ0n) is 20.1. The second-order valence-electron chi connectivity index (χ2n) is 9.89. The third-order valence-electron chi connectivity index (χ3n) is 6.19. The van der Waals surface area contributed by atoms with Crippen molar-refractivity contribution in [3.8, 4) is 5.75 Å². The lowest BCUT2D eigenvalue weighted by Crippen LogP contribution is -2.29. The molecular weight excluding hydrogens is 461 g/mol. The van der Waals surface area contributed by atoms with Gasteiger partial charge in [0.25, 0.3) is 0 Å². The SMILES string of the molecule is COC(=O)Nc1ccc2c(c1)nc(Nc1ccc(OC(F)(F)F)cc1)n2[C@@H]1C[C@H](C)CC(C)(C)C1. The summed E-state index contributed by atoms with van der Waals surface area (Å²) in [4.78, 5) is 16.4. The molecule has 188 valence electrons. The van der Waals surface area contributed by atoms with Gasteiger partial charge in [-0.2, -0.15) is 0 Å². The number of rotatable bonds is 5. The lowest BCUT2D eigenvalue weighted by Gasteiger charge is -2.40. The van der Waals surface area contributed by atoms with Crippen LogP contribution in [-0.2, 0) is 4.74 Å². The van der Waals surface area contributed by atoms with Crippen LogP contribution in [0.15, 0.2) is 42.5 Å². The summed E-state index contributed by atoms with van der Waals surface area (Å²) in [6, 6.07) is 11.2. The van der Waals surface area contributed by atoms with Crippen molar-refractivity contribution in [3.63, 3.8) is 0 Å². The number of alkyl halides is 3. The maximum Gasteiger partial charge on any atom is 0.573 e. The van der Waals surface area contributed by atoms with E-state index < -0.39 is 12.5 Å². The number of nitrogens with one attached hydrogen (secondary N) is 2. The first-order chi connectivity index (χ1) is 16.4. The van der Waals surface area contributed by atoms with Gasteiger partial charge in [-0.05, 0) is 73.1 Å². The highest BCUT2D eigenvalue weighted by Gasteiger charge is 2.35. The summed E-state index contributed by atoms with van der Waals surface area (Å²) in [6.45, 7) is 6.77. The van der Waals surface area contributed by atoms with Crippen LogP contribution in [-0.4, -0.2) is 29.1 Å². The highest BCUT2D eigenvalue weighted by molar-refractivity contribution is 5.89. The number of benzene rings is 2. The van der Waals surface area contributed by atoms with Gasteiger partial charge in [0.15, 0.2) is 0 Å². The molecule has 0 bridgehead atoms. The Morgan fingerprint density at radius 2 is 1.80 bits per heavy atom. The molecule has 2 N–H and O–H groups in total. The zero-order valence-corrected chi connectivity index (χ0v) is 20.1. The van der Waals surface area contributed by atoms with E-state index in [1.807, 2.05) is 6.07 Å². The van der Waals surface area contributed by atoms with Gasteiger partial charge in [0, 0.05) is 17.4 Å². The van der Waals surface area contributed by atoms with Crippen LogP contribution in [0, 0.1) is 11.3 Å². The van der Waals surface area contributed by atoms with Crippen LogP contribution in [0.5, 0.6) is 5.75 Å². The number of methoxy groups -OCH3 is 1. The Balaban J connectivity index is 1.71. The second kappa shape index (κ2) is 9.31. The summed E-state index contributed by atoms with van der Waals surface area (Å²) in [5.74, 6) is 0.806. The fourth-order valence-corrected chi connectivity index (χ4v) is 5.16. The molecule has 2 aromatic carbocycles. The van der Waals surface area contributed by atoms with E-state index in [0.29, 0.717) is 28.8 Å². The van der Waals surface area contributed by atoms with Crippen molar-refractivity contribution in [2.75, 3.05) is 17.7 Å². The average Bonchev–Trinajstić information content (AvgIpc) is 3.09. The Morgan fingerprint density at radius 3 is 2.43 bits per heavy atom. The first-order valence-corrected chi connectivity index (χ1v) is 11.4. The molecule has 4 rings (SSSR count). The van der Waals surface area contributed by atoms with E-state index in [4.69, 9.17) is 4.98 Å². The first kappa shape index (κ1) is 24.7. The van der Waals surface area contributed by atoms with Crippen LogP contribution >= 0.6 is 0 Å². The van der Waals surface area contributed by atoms with Gasteiger partial charge in [0.2, 0.25) is 5.95 Å². The zero-order chi connectivity index (χ0) is 25.4. The standard InChI is InChI=1S/C25H29F3N4O3/c1-15-11-18(14-24(2,3)13-15)32-21-10-7-17(30-23(33)34-4)12-20(21)31-22(32)29-16-5-8-19(9-6-16)35-25(26,27)28/h5-10,12,15,18H,11,13-14H2,1-4H3,(H,29,31)(H,30,33)/t15-,18+/m0/s1. The van der Waals surface area contributed by atoms with Crippen LogP contribution in [0.1, 0.15) is 46.1 Å². The molecule has 0 radical (unpaired) electrons. The number of halogens is 3. The van der Waals surface area contributed by atoms with Crippen LogP contribution < -0.4 is 15.4 Å². The number of imidazole rings is 1. The lowest BCUT2D eigenvalue weighted by atomic mass is 9.70. The number of aromatic nitrogens is 2. The Hall–Kier alpha value is -3.43. The van der Waals surface area contributed by atoms with Crippen molar-refractivity contribution < 1.29 is 27.4 Å². The Bertz CT molecular complexity index is 1210. The van der Waals surface area contributed by atoms with Crippen LogP contribution in [0.2, 0.25) is 0 Å². The van der Waals surface area contributed by atoms with E-state index in [9.17, 15) is 18.0 Å². The van der Waals surface area contributed by atoms with Crippen molar-refractivity contribution in [2.24, 2.45) is 11.3 Å². The lowest BCUT2D eigenvalue weighted by molar-refractivity contribution is -0.274. The Kier molecular flexibility index (Phi) is 6.57. The van der Waals surface area contributed by atoms with E-state index in [0.717, 1.165) is 24.8 Å². The molecule has 7 nitrogen and oxygen atoms in total. The molecule has 3 aromatic rings. The third-order valence-corrected chi connectivity index (χ3v) is 6.19. The van der Waals surface area contributed by atoms with Gasteiger partial charge in [-0.3, -0.25) is 5.32 Å². The van der Waals surface area contributed by atoms with Gasteiger partial charge in [0.1, 0.15) is 5.75 Å². The summed E-state index contributed by atoms with van der Waals surface area (Å²) in [6.07, 6.45) is -2.26. The minimum absolute atomic E-state index is 0.152. The number of amides is 1. The summed E-state index contributed by atoms with van der Waals surface area (Å²) >= 11 is 0. The largest absolute Gasteiger partial charge is 0.573 e. The predicted octanol–water partition coefficient (Wildman–Crippen LogP) is 7.24. The van der Waals surface area contributed by atoms with Gasteiger partial charge < -0.3 is 19.4 Å². The molecule has 1 aliphatic rings. The maximum absolute atomic E-state index is 12.5. The van der Waals surface area contributed by atoms with Crippen LogP contribution in [0.4, 0.5) is 35.3 Å². The molecule has 0 aliphatic heterocycles. The maximum atomic E-state index is 12.5. The highest BCUT2D eigenvalue weighted by atomic mass is 19.4. The van der Waals surface area contributed by atoms with Crippen molar-refractivity contribution >= 4 is 34.4 Å². The second-order valence-corrected chi connectivity index (χ2v) is 9.89. The van der Waals surface area contributed by atoms with E-state index >= 15 is 0 Å². The fraction of sp³-hybridized carbons (Fsp3) is 0.440. The average molecular weight is 491 g/mol. The molecule has 1 aliphatic carbocycles. The number of hydrogen-bond donors (Lipinski definition) is 2. The van der Waals surface area contributed by atoms with Gasteiger partial charge in [0.05, 0.1) is 18.1 Å². The topological polar surface area (TPSA) is 77.4 Å². The van der Waals surface area contributed by atoms with E-state index in [1.54, 1.807) is 12.1 Å². The van der Waals surface area contributed by atoms with Crippen LogP contribution in [0.25, 0.3) is 11.0 Å². The molecule has 0 unspecified atom stereocenters. The molecule has 1 heterocycles. The Morgan fingerprint density at radius 1 is 1.11 bits per heavy atom. The van der Waals surface area contributed by atoms with Crippen molar-refractivity contribution in [3.05, 3.63) is 42.5 Å². The molecular formula is C25H29F3N4O3. The molecule has 1 amide bonds. The predicted molar refractivity (Wildman–Crippen MR) is 128 cm³/mol. The molecule has 0 spiro atoms. The number of carbonyl (C=O) groups is 1. The number of fused-ring (bicyclic) bond motifs is 1. The summed E-state index contributed by atoms with van der Waals surface area (Å²) in [5, 5.41) is 5.92. The van der Waals surface area contributed by atoms with Crippen LogP contribution in [0.3, 0.4) is 0 Å². The molecule has 1 saturated carbocycles. The highest BCUT2D eigenvalue weighted by Crippen LogP contribution is 2.46. The number of nitrogens with zero attached hydrogens (tertiary/aromatic N) is 2. The van der Waals surface area contributed by atoms with Gasteiger partial charge in [-0.25, -0.2) is 9.78 Å². The number of ether oxygens (including phenoxy) is 2. The summed E-state index contributed by atoms with van der Waals surface area (Å²) in [7, 11) is 1.29. The third kappa shape index (κ3) is 5.98. The van der Waals surface area contributed by atoms with Crippen molar-refractivity contribution in [1.29, 1.82) is 0 Å². The van der Waals surface area contributed by atoms with Gasteiger partial charge in [-0.15, -0.1) is 13.2 Å².